The quantitative estimate of drug-likeness (QED) is 0.661. The average Bonchev–Trinajstić information content (AvgIpc) is 2.51. The van der Waals surface area contributed by atoms with Gasteiger partial charge in [0, 0.05) is 19.2 Å². The van der Waals surface area contributed by atoms with Crippen LogP contribution in [-0.2, 0) is 9.53 Å². The number of halogens is 3. The molecule has 22 heavy (non-hydrogen) atoms. The summed E-state index contributed by atoms with van der Waals surface area (Å²) in [6, 6.07) is 9.51. The van der Waals surface area contributed by atoms with E-state index in [-0.39, 0.29) is 5.91 Å². The van der Waals surface area contributed by atoms with Crippen molar-refractivity contribution in [1.29, 1.82) is 0 Å². The summed E-state index contributed by atoms with van der Waals surface area (Å²) in [6.45, 7) is 2.29. The Morgan fingerprint density at radius 1 is 1.23 bits per heavy atom. The number of ether oxygens (including phenoxy) is 1. The smallest absolute Gasteiger partial charge is 0.245 e. The Morgan fingerprint density at radius 2 is 1.86 bits per heavy atom. The Bertz CT molecular complexity index is 511. The zero-order chi connectivity index (χ0) is 16.0. The lowest BCUT2D eigenvalue weighted by atomic mass is 10.2. The highest BCUT2D eigenvalue weighted by molar-refractivity contribution is 6.68. The summed E-state index contributed by atoms with van der Waals surface area (Å²) in [5.41, 5.74) is 0.925. The number of hydrogen-bond acceptors (Lipinski definition) is 3. The number of carbonyl (C=O) groups is 1. The molecule has 0 saturated carbocycles. The zero-order valence-electron chi connectivity index (χ0n) is 11.8. The molecule has 1 aliphatic rings. The number of carbonyl (C=O) groups excluding carboxylic acids is 1. The molecule has 1 heterocycles. The van der Waals surface area contributed by atoms with E-state index in [2.05, 4.69) is 5.32 Å². The Balaban J connectivity index is 2.00. The van der Waals surface area contributed by atoms with Crippen LogP contribution in [0.15, 0.2) is 36.4 Å². The van der Waals surface area contributed by atoms with E-state index < -0.39 is 9.96 Å². The van der Waals surface area contributed by atoms with E-state index in [1.54, 1.807) is 6.08 Å². The lowest BCUT2D eigenvalue weighted by molar-refractivity contribution is -0.119. The van der Waals surface area contributed by atoms with Crippen LogP contribution in [0.3, 0.4) is 0 Å². The van der Waals surface area contributed by atoms with Crippen molar-refractivity contribution in [1.82, 2.24) is 10.2 Å². The molecule has 0 unspecified atom stereocenters. The summed E-state index contributed by atoms with van der Waals surface area (Å²) in [7, 11) is 0. The van der Waals surface area contributed by atoms with Gasteiger partial charge >= 0.3 is 0 Å². The summed E-state index contributed by atoms with van der Waals surface area (Å²) in [5.74, 6) is -0.313. The van der Waals surface area contributed by atoms with E-state index in [1.807, 2.05) is 35.2 Å². The van der Waals surface area contributed by atoms with E-state index in [0.717, 1.165) is 5.56 Å². The number of alkyl halides is 3. The molecule has 0 bridgehead atoms. The Hall–Kier alpha value is -0.780. The predicted molar refractivity (Wildman–Crippen MR) is 90.1 cm³/mol. The third kappa shape index (κ3) is 5.45. The molecule has 1 aromatic rings. The van der Waals surface area contributed by atoms with Gasteiger partial charge in [0.15, 0.2) is 0 Å². The van der Waals surface area contributed by atoms with Crippen molar-refractivity contribution in [2.45, 2.75) is 9.96 Å². The molecule has 0 spiro atoms. The molecule has 2 rings (SSSR count). The summed E-state index contributed by atoms with van der Waals surface area (Å²) in [4.78, 5) is 14.0. The van der Waals surface area contributed by atoms with E-state index in [9.17, 15) is 4.79 Å². The van der Waals surface area contributed by atoms with Gasteiger partial charge in [-0.3, -0.25) is 9.69 Å². The highest BCUT2D eigenvalue weighted by Crippen LogP contribution is 2.32. The van der Waals surface area contributed by atoms with Crippen LogP contribution in [0.25, 0.3) is 6.08 Å². The fourth-order valence-electron chi connectivity index (χ4n) is 2.13. The van der Waals surface area contributed by atoms with Crippen molar-refractivity contribution in [2.24, 2.45) is 0 Å². The SMILES string of the molecule is O=C(C=Cc1ccccc1)N[C@@H](N1CCOCC1)C(Cl)(Cl)Cl. The maximum absolute atomic E-state index is 12.1. The largest absolute Gasteiger partial charge is 0.379 e. The first-order valence-corrected chi connectivity index (χ1v) is 8.02. The fourth-order valence-corrected chi connectivity index (χ4v) is 2.71. The first kappa shape index (κ1) is 17.6. The average molecular weight is 364 g/mol. The van der Waals surface area contributed by atoms with Crippen LogP contribution in [0, 0.1) is 0 Å². The summed E-state index contributed by atoms with van der Waals surface area (Å²) < 4.78 is 3.66. The van der Waals surface area contributed by atoms with Crippen molar-refractivity contribution in [3.05, 3.63) is 42.0 Å². The van der Waals surface area contributed by atoms with Crippen LogP contribution in [0.2, 0.25) is 0 Å². The molecule has 0 aliphatic carbocycles. The van der Waals surface area contributed by atoms with Crippen molar-refractivity contribution in [3.8, 4) is 0 Å². The van der Waals surface area contributed by atoms with Gasteiger partial charge in [0.2, 0.25) is 9.70 Å². The van der Waals surface area contributed by atoms with Crippen LogP contribution in [0.5, 0.6) is 0 Å². The van der Waals surface area contributed by atoms with Crippen molar-refractivity contribution >= 4 is 46.8 Å². The van der Waals surface area contributed by atoms with Crippen molar-refractivity contribution < 1.29 is 9.53 Å². The predicted octanol–water partition coefficient (Wildman–Crippen LogP) is 2.84. The van der Waals surface area contributed by atoms with Gasteiger partial charge in [-0.2, -0.15) is 0 Å². The highest BCUT2D eigenvalue weighted by atomic mass is 35.6. The molecule has 0 aromatic heterocycles. The van der Waals surface area contributed by atoms with Crippen LogP contribution >= 0.6 is 34.8 Å². The van der Waals surface area contributed by atoms with E-state index in [1.165, 1.54) is 6.08 Å². The molecule has 4 nitrogen and oxygen atoms in total. The van der Waals surface area contributed by atoms with Crippen LogP contribution < -0.4 is 5.32 Å². The first-order valence-electron chi connectivity index (χ1n) is 6.89. The number of nitrogens with one attached hydrogen (secondary N) is 1. The molecule has 120 valence electrons. The first-order chi connectivity index (χ1) is 10.5. The lowest BCUT2D eigenvalue weighted by Crippen LogP contribution is -2.58. The van der Waals surface area contributed by atoms with Gasteiger partial charge in [0.25, 0.3) is 0 Å². The number of benzene rings is 1. The molecule has 1 saturated heterocycles. The second-order valence-corrected chi connectivity index (χ2v) is 7.21. The number of amides is 1. The molecule has 1 aliphatic heterocycles. The van der Waals surface area contributed by atoms with Gasteiger partial charge in [-0.15, -0.1) is 0 Å². The monoisotopic (exact) mass is 362 g/mol. The van der Waals surface area contributed by atoms with Gasteiger partial charge in [-0.25, -0.2) is 0 Å². The van der Waals surface area contributed by atoms with Gasteiger partial charge in [0.1, 0.15) is 6.17 Å². The van der Waals surface area contributed by atoms with E-state index in [4.69, 9.17) is 39.5 Å². The zero-order valence-corrected chi connectivity index (χ0v) is 14.1. The number of morpholine rings is 1. The topological polar surface area (TPSA) is 41.6 Å². The van der Waals surface area contributed by atoms with Crippen molar-refractivity contribution in [3.63, 3.8) is 0 Å². The Labute approximate surface area is 145 Å². The number of hydrogen-bond donors (Lipinski definition) is 1. The van der Waals surface area contributed by atoms with Gasteiger partial charge < -0.3 is 10.1 Å². The van der Waals surface area contributed by atoms with E-state index >= 15 is 0 Å². The van der Waals surface area contributed by atoms with Gasteiger partial charge in [-0.1, -0.05) is 65.1 Å². The molecular formula is C15H17Cl3N2O2. The summed E-state index contributed by atoms with van der Waals surface area (Å²) in [6.07, 6.45) is 2.44. The minimum absolute atomic E-state index is 0.313. The molecular weight excluding hydrogens is 347 g/mol. The standard InChI is InChI=1S/C15H17Cl3N2O2/c16-15(17,18)14(20-8-10-22-11-9-20)19-13(21)7-6-12-4-2-1-3-5-12/h1-7,14H,8-11H2,(H,19,21)/t14-/m0/s1. The fraction of sp³-hybridized carbons (Fsp3) is 0.400. The minimum Gasteiger partial charge on any atom is -0.379 e. The highest BCUT2D eigenvalue weighted by Gasteiger charge is 2.38. The number of nitrogens with zero attached hydrogens (tertiary/aromatic N) is 1. The number of rotatable bonds is 4. The normalized spacial score (nSPS) is 18.3. The maximum atomic E-state index is 12.1. The van der Waals surface area contributed by atoms with Gasteiger partial charge in [-0.05, 0) is 11.6 Å². The lowest BCUT2D eigenvalue weighted by Gasteiger charge is -2.38. The second kappa shape index (κ2) is 8.18. The Morgan fingerprint density at radius 3 is 2.45 bits per heavy atom. The maximum Gasteiger partial charge on any atom is 0.245 e. The molecule has 7 heteroatoms. The molecule has 1 fully saturated rings. The molecule has 1 atom stereocenters. The third-order valence-electron chi connectivity index (χ3n) is 3.23. The third-order valence-corrected chi connectivity index (χ3v) is 3.85. The van der Waals surface area contributed by atoms with Crippen LogP contribution in [-0.4, -0.2) is 47.1 Å². The second-order valence-electron chi connectivity index (χ2n) is 4.85. The van der Waals surface area contributed by atoms with Gasteiger partial charge in [0.05, 0.1) is 13.2 Å². The van der Waals surface area contributed by atoms with Crippen LogP contribution in [0.4, 0.5) is 0 Å². The molecule has 1 N–H and O–H groups in total. The van der Waals surface area contributed by atoms with Crippen molar-refractivity contribution in [2.75, 3.05) is 26.3 Å². The Kier molecular flexibility index (Phi) is 6.53. The molecule has 1 amide bonds. The van der Waals surface area contributed by atoms with E-state index in [0.29, 0.717) is 26.3 Å². The minimum atomic E-state index is -1.62. The molecule has 0 radical (unpaired) electrons. The summed E-state index contributed by atoms with van der Waals surface area (Å²) in [5, 5.41) is 2.75. The summed E-state index contributed by atoms with van der Waals surface area (Å²) >= 11 is 18.0. The molecule has 1 aromatic carbocycles. The van der Waals surface area contributed by atoms with Crippen LogP contribution in [0.1, 0.15) is 5.56 Å².